The molecule has 0 atom stereocenters. The van der Waals surface area contributed by atoms with Crippen molar-refractivity contribution in [1.29, 1.82) is 0 Å². The molecule has 0 aliphatic rings. The molecule has 1 aromatic heterocycles. The van der Waals surface area contributed by atoms with Crippen LogP contribution in [0.1, 0.15) is 39.3 Å². The molecule has 0 saturated carbocycles. The van der Waals surface area contributed by atoms with E-state index in [4.69, 9.17) is 4.42 Å². The third kappa shape index (κ3) is 3.95. The van der Waals surface area contributed by atoms with Gasteiger partial charge in [-0.1, -0.05) is 26.8 Å². The fraction of sp³-hybridized carbons (Fsp3) is 0.545. The summed E-state index contributed by atoms with van der Waals surface area (Å²) < 4.78 is 6.64. The van der Waals surface area contributed by atoms with Crippen LogP contribution in [0, 0.1) is 0 Å². The van der Waals surface area contributed by atoms with Gasteiger partial charge in [0.25, 0.3) is 0 Å². The lowest BCUT2D eigenvalue weighted by Gasteiger charge is -2.12. The molecular formula is C11H17NOS2. The van der Waals surface area contributed by atoms with Crippen LogP contribution >= 0.6 is 24.4 Å². The van der Waals surface area contributed by atoms with E-state index in [0.717, 1.165) is 21.6 Å². The summed E-state index contributed by atoms with van der Waals surface area (Å²) in [6.45, 7) is 8.30. The van der Waals surface area contributed by atoms with E-state index >= 15 is 0 Å². The minimum atomic E-state index is 0.0281. The van der Waals surface area contributed by atoms with Crippen molar-refractivity contribution in [2.75, 3.05) is 0 Å². The molecule has 1 aromatic rings. The zero-order valence-electron chi connectivity index (χ0n) is 9.57. The fourth-order valence-corrected chi connectivity index (χ4v) is 1.71. The Balaban J connectivity index is 2.62. The molecule has 0 fully saturated rings. The maximum atomic E-state index is 5.65. The van der Waals surface area contributed by atoms with Crippen LogP contribution in [0.5, 0.6) is 0 Å². The summed E-state index contributed by atoms with van der Waals surface area (Å²) in [4.78, 5) is 4.24. The number of aromatic nitrogens is 1. The summed E-state index contributed by atoms with van der Waals surface area (Å²) in [6, 6.07) is 0. The Hall–Kier alpha value is -0.350. The SMILES string of the molecule is C/C=C(\S)SCc1ncc(C(C)(C)C)o1. The van der Waals surface area contributed by atoms with Crippen LogP contribution < -0.4 is 0 Å². The summed E-state index contributed by atoms with van der Waals surface area (Å²) in [5.74, 6) is 2.43. The van der Waals surface area contributed by atoms with Gasteiger partial charge in [-0.2, -0.15) is 0 Å². The molecule has 4 heteroatoms. The van der Waals surface area contributed by atoms with Crippen LogP contribution in [0.15, 0.2) is 20.9 Å². The molecule has 0 bridgehead atoms. The van der Waals surface area contributed by atoms with Gasteiger partial charge in [0.2, 0.25) is 5.89 Å². The molecular weight excluding hydrogens is 226 g/mol. The third-order valence-corrected chi connectivity index (χ3v) is 3.45. The molecule has 0 aromatic carbocycles. The van der Waals surface area contributed by atoms with E-state index in [2.05, 4.69) is 38.4 Å². The number of nitrogens with zero attached hydrogens (tertiary/aromatic N) is 1. The van der Waals surface area contributed by atoms with Crippen molar-refractivity contribution in [2.45, 2.75) is 38.9 Å². The lowest BCUT2D eigenvalue weighted by atomic mass is 9.94. The Kier molecular flexibility index (Phi) is 4.34. The first-order valence-corrected chi connectivity index (χ1v) is 6.30. The van der Waals surface area contributed by atoms with E-state index in [1.165, 1.54) is 0 Å². The number of hydrogen-bond acceptors (Lipinski definition) is 4. The van der Waals surface area contributed by atoms with Gasteiger partial charge >= 0.3 is 0 Å². The smallest absolute Gasteiger partial charge is 0.204 e. The molecule has 0 radical (unpaired) electrons. The van der Waals surface area contributed by atoms with Crippen molar-refractivity contribution in [1.82, 2.24) is 4.98 Å². The van der Waals surface area contributed by atoms with Crippen LogP contribution in [-0.2, 0) is 11.2 Å². The predicted molar refractivity (Wildman–Crippen MR) is 69.2 cm³/mol. The highest BCUT2D eigenvalue weighted by molar-refractivity contribution is 8.15. The Bertz CT molecular complexity index is 350. The summed E-state index contributed by atoms with van der Waals surface area (Å²) in [5, 5.41) is 0. The number of oxazole rings is 1. The molecule has 0 spiro atoms. The lowest BCUT2D eigenvalue weighted by Crippen LogP contribution is -2.09. The number of hydrogen-bond donors (Lipinski definition) is 1. The zero-order chi connectivity index (χ0) is 11.5. The van der Waals surface area contributed by atoms with Gasteiger partial charge in [-0.05, 0) is 6.92 Å². The van der Waals surface area contributed by atoms with Crippen LogP contribution in [-0.4, -0.2) is 4.98 Å². The van der Waals surface area contributed by atoms with Crippen molar-refractivity contribution < 1.29 is 4.42 Å². The second-order valence-corrected chi connectivity index (χ2v) is 6.09. The molecule has 15 heavy (non-hydrogen) atoms. The Morgan fingerprint density at radius 3 is 2.73 bits per heavy atom. The second-order valence-electron chi connectivity index (χ2n) is 4.28. The maximum absolute atomic E-state index is 5.65. The van der Waals surface area contributed by atoms with Crippen LogP contribution in [0.25, 0.3) is 0 Å². The van der Waals surface area contributed by atoms with Gasteiger partial charge in [-0.3, -0.25) is 0 Å². The standard InChI is InChI=1S/C11H17NOS2/c1-5-10(14)15-7-9-12-6-8(13-9)11(2,3)4/h5-6,14H,7H2,1-4H3/b10-5+. The minimum Gasteiger partial charge on any atom is -0.444 e. The molecule has 1 heterocycles. The largest absolute Gasteiger partial charge is 0.444 e. The number of allylic oxidation sites excluding steroid dienone is 1. The molecule has 0 unspecified atom stereocenters. The van der Waals surface area contributed by atoms with E-state index in [1.54, 1.807) is 11.8 Å². The molecule has 0 aliphatic carbocycles. The van der Waals surface area contributed by atoms with E-state index in [1.807, 2.05) is 19.2 Å². The second kappa shape index (κ2) is 5.12. The molecule has 2 nitrogen and oxygen atoms in total. The van der Waals surface area contributed by atoms with E-state index in [9.17, 15) is 0 Å². The van der Waals surface area contributed by atoms with Crippen molar-refractivity contribution in [3.63, 3.8) is 0 Å². The Morgan fingerprint density at radius 1 is 1.60 bits per heavy atom. The molecule has 0 amide bonds. The van der Waals surface area contributed by atoms with E-state index in [0.29, 0.717) is 0 Å². The molecule has 84 valence electrons. The first kappa shape index (κ1) is 12.7. The third-order valence-electron chi connectivity index (χ3n) is 1.88. The topological polar surface area (TPSA) is 26.0 Å². The number of rotatable bonds is 3. The highest BCUT2D eigenvalue weighted by atomic mass is 32.2. The highest BCUT2D eigenvalue weighted by Crippen LogP contribution is 2.27. The van der Waals surface area contributed by atoms with Gasteiger partial charge in [0, 0.05) is 9.65 Å². The summed E-state index contributed by atoms with van der Waals surface area (Å²) in [5.41, 5.74) is 0.0281. The van der Waals surface area contributed by atoms with Crippen molar-refractivity contribution in [2.24, 2.45) is 0 Å². The van der Waals surface area contributed by atoms with Gasteiger partial charge in [0.1, 0.15) is 5.76 Å². The Morgan fingerprint density at radius 2 is 2.27 bits per heavy atom. The normalized spacial score (nSPS) is 13.3. The molecule has 1 rings (SSSR count). The number of thioether (sulfide) groups is 1. The summed E-state index contributed by atoms with van der Waals surface area (Å²) in [7, 11) is 0. The van der Waals surface area contributed by atoms with E-state index in [-0.39, 0.29) is 5.41 Å². The zero-order valence-corrected chi connectivity index (χ0v) is 11.3. The predicted octanol–water partition coefficient (Wildman–Crippen LogP) is 4.00. The highest BCUT2D eigenvalue weighted by Gasteiger charge is 2.18. The monoisotopic (exact) mass is 243 g/mol. The Labute approximate surface area is 101 Å². The summed E-state index contributed by atoms with van der Waals surface area (Å²) in [6.07, 6.45) is 3.77. The van der Waals surface area contributed by atoms with Gasteiger partial charge in [-0.15, -0.1) is 24.4 Å². The van der Waals surface area contributed by atoms with Crippen LogP contribution in [0.4, 0.5) is 0 Å². The van der Waals surface area contributed by atoms with Crippen molar-refractivity contribution >= 4 is 24.4 Å². The lowest BCUT2D eigenvalue weighted by molar-refractivity contribution is 0.391. The fourth-order valence-electron chi connectivity index (χ4n) is 0.943. The quantitative estimate of drug-likeness (QED) is 0.813. The summed E-state index contributed by atoms with van der Waals surface area (Å²) >= 11 is 5.90. The molecule has 0 aliphatic heterocycles. The van der Waals surface area contributed by atoms with Crippen molar-refractivity contribution in [3.8, 4) is 0 Å². The first-order valence-electron chi connectivity index (χ1n) is 4.86. The van der Waals surface area contributed by atoms with Crippen molar-refractivity contribution in [3.05, 3.63) is 28.2 Å². The van der Waals surface area contributed by atoms with Gasteiger partial charge in [-0.25, -0.2) is 4.98 Å². The first-order chi connectivity index (χ1) is 6.93. The number of thiol groups is 1. The average molecular weight is 243 g/mol. The van der Waals surface area contributed by atoms with Crippen LogP contribution in [0.2, 0.25) is 0 Å². The molecule has 0 saturated heterocycles. The van der Waals surface area contributed by atoms with Gasteiger partial charge in [0.05, 0.1) is 11.9 Å². The van der Waals surface area contributed by atoms with E-state index < -0.39 is 0 Å². The maximum Gasteiger partial charge on any atom is 0.204 e. The molecule has 0 N–H and O–H groups in total. The average Bonchev–Trinajstić information content (AvgIpc) is 2.61. The van der Waals surface area contributed by atoms with Gasteiger partial charge < -0.3 is 4.42 Å². The van der Waals surface area contributed by atoms with Crippen LogP contribution in [0.3, 0.4) is 0 Å². The minimum absolute atomic E-state index is 0.0281. The van der Waals surface area contributed by atoms with Gasteiger partial charge in [0.15, 0.2) is 0 Å².